The van der Waals surface area contributed by atoms with E-state index in [1.807, 2.05) is 58.0 Å². The van der Waals surface area contributed by atoms with Gasteiger partial charge < -0.3 is 5.11 Å². The maximum Gasteiger partial charge on any atom is 0.146 e. The summed E-state index contributed by atoms with van der Waals surface area (Å²) >= 11 is 0. The molecule has 2 aromatic carbocycles. The number of aromatic nitrogens is 2. The molecule has 0 saturated carbocycles. The van der Waals surface area contributed by atoms with Crippen molar-refractivity contribution in [3.8, 4) is 5.75 Å². The highest BCUT2D eigenvalue weighted by atomic mass is 16.3. The molecule has 19 heavy (non-hydrogen) atoms. The Labute approximate surface area is 112 Å². The average molecular weight is 254 g/mol. The molecule has 0 radical (unpaired) electrons. The molecule has 0 aliphatic heterocycles. The predicted molar refractivity (Wildman–Crippen MR) is 79.5 cm³/mol. The van der Waals surface area contributed by atoms with Crippen LogP contribution in [0.3, 0.4) is 0 Å². The van der Waals surface area contributed by atoms with Gasteiger partial charge >= 0.3 is 0 Å². The SMILES string of the molecule is CC.Cc1cc(C)c2nc3ccccc3nc2c1O. The van der Waals surface area contributed by atoms with Gasteiger partial charge in [0, 0.05) is 0 Å². The van der Waals surface area contributed by atoms with E-state index in [0.29, 0.717) is 5.52 Å². The zero-order chi connectivity index (χ0) is 14.0. The van der Waals surface area contributed by atoms with Crippen LogP contribution in [0.4, 0.5) is 0 Å². The van der Waals surface area contributed by atoms with Crippen molar-refractivity contribution in [2.75, 3.05) is 0 Å². The molecule has 3 aromatic rings. The molecule has 1 N–H and O–H groups in total. The molecule has 0 aliphatic rings. The fourth-order valence-corrected chi connectivity index (χ4v) is 2.09. The second-order valence-corrected chi connectivity index (χ2v) is 4.27. The van der Waals surface area contributed by atoms with Crippen LogP contribution >= 0.6 is 0 Å². The number of hydrogen-bond acceptors (Lipinski definition) is 3. The van der Waals surface area contributed by atoms with Crippen LogP contribution in [0.1, 0.15) is 25.0 Å². The molecule has 3 nitrogen and oxygen atoms in total. The molecule has 0 amide bonds. The quantitative estimate of drug-likeness (QED) is 0.613. The minimum atomic E-state index is 0.226. The highest BCUT2D eigenvalue weighted by Crippen LogP contribution is 2.29. The summed E-state index contributed by atoms with van der Waals surface area (Å²) in [6.07, 6.45) is 0. The maximum atomic E-state index is 10.0. The van der Waals surface area contributed by atoms with Crippen molar-refractivity contribution in [2.24, 2.45) is 0 Å². The van der Waals surface area contributed by atoms with E-state index in [1.165, 1.54) is 0 Å². The molecule has 0 saturated heterocycles. The van der Waals surface area contributed by atoms with E-state index >= 15 is 0 Å². The third-order valence-corrected chi connectivity index (χ3v) is 2.97. The van der Waals surface area contributed by atoms with Gasteiger partial charge in [-0.3, -0.25) is 0 Å². The zero-order valence-electron chi connectivity index (χ0n) is 11.7. The first-order valence-corrected chi connectivity index (χ1v) is 6.52. The summed E-state index contributed by atoms with van der Waals surface area (Å²) in [5, 5.41) is 10.0. The Morgan fingerprint density at radius 1 is 0.842 bits per heavy atom. The van der Waals surface area contributed by atoms with Crippen LogP contribution in [-0.2, 0) is 0 Å². The lowest BCUT2D eigenvalue weighted by Crippen LogP contribution is -1.92. The first-order valence-electron chi connectivity index (χ1n) is 6.52. The topological polar surface area (TPSA) is 46.0 Å². The fraction of sp³-hybridized carbons (Fsp3) is 0.250. The van der Waals surface area contributed by atoms with Crippen LogP contribution in [0.5, 0.6) is 5.75 Å². The van der Waals surface area contributed by atoms with E-state index in [-0.39, 0.29) is 5.75 Å². The normalized spacial score (nSPS) is 10.3. The summed E-state index contributed by atoms with van der Waals surface area (Å²) in [5.41, 5.74) is 4.88. The molecule has 3 rings (SSSR count). The van der Waals surface area contributed by atoms with Gasteiger partial charge in [0.25, 0.3) is 0 Å². The van der Waals surface area contributed by atoms with E-state index < -0.39 is 0 Å². The van der Waals surface area contributed by atoms with Gasteiger partial charge in [0.15, 0.2) is 0 Å². The van der Waals surface area contributed by atoms with E-state index in [9.17, 15) is 5.11 Å². The molecule has 1 heterocycles. The predicted octanol–water partition coefficient (Wildman–Crippen LogP) is 4.13. The Balaban J connectivity index is 0.000000637. The fourth-order valence-electron chi connectivity index (χ4n) is 2.09. The van der Waals surface area contributed by atoms with Crippen LogP contribution in [0.15, 0.2) is 30.3 Å². The largest absolute Gasteiger partial charge is 0.505 e. The summed E-state index contributed by atoms with van der Waals surface area (Å²) in [4.78, 5) is 9.04. The van der Waals surface area contributed by atoms with Crippen LogP contribution in [0, 0.1) is 13.8 Å². The van der Waals surface area contributed by atoms with Gasteiger partial charge in [-0.15, -0.1) is 0 Å². The number of aromatic hydroxyl groups is 1. The summed E-state index contributed by atoms with van der Waals surface area (Å²) in [5.74, 6) is 0.226. The van der Waals surface area contributed by atoms with E-state index in [2.05, 4.69) is 9.97 Å². The molecular formula is C16H18N2O. The van der Waals surface area contributed by atoms with E-state index in [0.717, 1.165) is 27.7 Å². The Morgan fingerprint density at radius 2 is 1.37 bits per heavy atom. The number of para-hydroxylation sites is 2. The highest BCUT2D eigenvalue weighted by molar-refractivity contribution is 5.91. The molecule has 0 fully saturated rings. The molecule has 0 unspecified atom stereocenters. The van der Waals surface area contributed by atoms with Crippen molar-refractivity contribution in [2.45, 2.75) is 27.7 Å². The number of hydrogen-bond donors (Lipinski definition) is 1. The number of phenols is 1. The highest BCUT2D eigenvalue weighted by Gasteiger charge is 2.10. The number of nitrogens with zero attached hydrogens (tertiary/aromatic N) is 2. The molecule has 3 heteroatoms. The molecule has 0 bridgehead atoms. The standard InChI is InChI=1S/C14H12N2O.C2H6/c1-8-7-9(2)14(17)13-12(8)15-10-5-3-4-6-11(10)16-13;1-2/h3-7,17H,1-2H3;1-2H3. The number of rotatable bonds is 0. The Bertz CT molecular complexity index is 735. The van der Waals surface area contributed by atoms with Gasteiger partial charge in [0.1, 0.15) is 11.3 Å². The number of fused-ring (bicyclic) bond motifs is 2. The van der Waals surface area contributed by atoms with Crippen molar-refractivity contribution >= 4 is 22.1 Å². The summed E-state index contributed by atoms with van der Waals surface area (Å²) < 4.78 is 0. The van der Waals surface area contributed by atoms with Gasteiger partial charge in [0.05, 0.1) is 16.6 Å². The van der Waals surface area contributed by atoms with Gasteiger partial charge in [-0.05, 0) is 37.1 Å². The van der Waals surface area contributed by atoms with Crippen LogP contribution < -0.4 is 0 Å². The second-order valence-electron chi connectivity index (χ2n) is 4.27. The van der Waals surface area contributed by atoms with Crippen LogP contribution in [0.25, 0.3) is 22.1 Å². The smallest absolute Gasteiger partial charge is 0.146 e. The minimum Gasteiger partial charge on any atom is -0.505 e. The van der Waals surface area contributed by atoms with Crippen molar-refractivity contribution in [3.63, 3.8) is 0 Å². The van der Waals surface area contributed by atoms with E-state index in [1.54, 1.807) is 0 Å². The average Bonchev–Trinajstić information content (AvgIpc) is 2.45. The zero-order valence-corrected chi connectivity index (χ0v) is 11.7. The van der Waals surface area contributed by atoms with Crippen LogP contribution in [-0.4, -0.2) is 15.1 Å². The van der Waals surface area contributed by atoms with Gasteiger partial charge in [0.2, 0.25) is 0 Å². The Morgan fingerprint density at radius 3 is 1.95 bits per heavy atom. The molecular weight excluding hydrogens is 236 g/mol. The Kier molecular flexibility index (Phi) is 3.65. The maximum absolute atomic E-state index is 10.0. The summed E-state index contributed by atoms with van der Waals surface area (Å²) in [7, 11) is 0. The first kappa shape index (κ1) is 13.3. The first-order chi connectivity index (χ1) is 9.16. The molecule has 1 aromatic heterocycles. The van der Waals surface area contributed by atoms with Crippen molar-refractivity contribution in [1.29, 1.82) is 0 Å². The van der Waals surface area contributed by atoms with Crippen LogP contribution in [0.2, 0.25) is 0 Å². The second kappa shape index (κ2) is 5.22. The third kappa shape index (κ3) is 2.24. The molecule has 0 spiro atoms. The van der Waals surface area contributed by atoms with Crippen molar-refractivity contribution in [1.82, 2.24) is 9.97 Å². The number of benzene rings is 2. The minimum absolute atomic E-state index is 0.226. The van der Waals surface area contributed by atoms with Gasteiger partial charge in [-0.2, -0.15) is 0 Å². The van der Waals surface area contributed by atoms with Crippen molar-refractivity contribution < 1.29 is 5.11 Å². The molecule has 0 aliphatic carbocycles. The lowest BCUT2D eigenvalue weighted by Gasteiger charge is -2.07. The molecule has 98 valence electrons. The Hall–Kier alpha value is -2.16. The molecule has 0 atom stereocenters. The summed E-state index contributed by atoms with van der Waals surface area (Å²) in [6, 6.07) is 9.62. The van der Waals surface area contributed by atoms with Gasteiger partial charge in [-0.25, -0.2) is 9.97 Å². The summed E-state index contributed by atoms with van der Waals surface area (Å²) in [6.45, 7) is 7.86. The van der Waals surface area contributed by atoms with Gasteiger partial charge in [-0.1, -0.05) is 32.0 Å². The van der Waals surface area contributed by atoms with Crippen molar-refractivity contribution in [3.05, 3.63) is 41.5 Å². The monoisotopic (exact) mass is 254 g/mol. The third-order valence-electron chi connectivity index (χ3n) is 2.97. The lowest BCUT2D eigenvalue weighted by atomic mass is 10.1. The number of phenolic OH excluding ortho intramolecular Hbond substituents is 1. The number of aryl methyl sites for hydroxylation is 2. The van der Waals surface area contributed by atoms with E-state index in [4.69, 9.17) is 0 Å². The lowest BCUT2D eigenvalue weighted by molar-refractivity contribution is 0.476.